The lowest BCUT2D eigenvalue weighted by Gasteiger charge is -2.22. The first-order valence-electron chi connectivity index (χ1n) is 6.67. The maximum Gasteiger partial charge on any atom is 0.210 e. The third-order valence-electron chi connectivity index (χ3n) is 3.67. The van der Waals surface area contributed by atoms with Crippen molar-refractivity contribution in [3.05, 3.63) is 0 Å². The summed E-state index contributed by atoms with van der Waals surface area (Å²) in [7, 11) is 0. The van der Waals surface area contributed by atoms with E-state index in [1.165, 1.54) is 38.5 Å². The van der Waals surface area contributed by atoms with Gasteiger partial charge in [0.05, 0.1) is 0 Å². The van der Waals surface area contributed by atoms with Gasteiger partial charge >= 0.3 is 0 Å². The SMILES string of the molecule is O=C(C#CN1CCCCC1)C1CCCCC1. The van der Waals surface area contributed by atoms with E-state index in [0.717, 1.165) is 25.9 Å². The lowest BCUT2D eigenvalue weighted by molar-refractivity contribution is -0.118. The highest BCUT2D eigenvalue weighted by molar-refractivity contribution is 5.97. The van der Waals surface area contributed by atoms with E-state index in [9.17, 15) is 4.79 Å². The number of ketones is 1. The molecule has 0 spiro atoms. The van der Waals surface area contributed by atoms with Crippen LogP contribution in [0.4, 0.5) is 0 Å². The summed E-state index contributed by atoms with van der Waals surface area (Å²) in [5.74, 6) is 3.29. The van der Waals surface area contributed by atoms with Crippen LogP contribution in [0.5, 0.6) is 0 Å². The van der Waals surface area contributed by atoms with Crippen molar-refractivity contribution >= 4 is 5.78 Å². The molecule has 1 aliphatic heterocycles. The maximum atomic E-state index is 11.8. The van der Waals surface area contributed by atoms with Crippen molar-refractivity contribution in [1.82, 2.24) is 4.90 Å². The first-order chi connectivity index (χ1) is 7.86. The van der Waals surface area contributed by atoms with Gasteiger partial charge in [-0.1, -0.05) is 19.3 Å². The molecule has 0 aromatic rings. The maximum absolute atomic E-state index is 11.8. The van der Waals surface area contributed by atoms with E-state index in [-0.39, 0.29) is 11.7 Å². The zero-order valence-corrected chi connectivity index (χ0v) is 10.0. The van der Waals surface area contributed by atoms with E-state index in [2.05, 4.69) is 16.9 Å². The Morgan fingerprint density at radius 1 is 0.938 bits per heavy atom. The van der Waals surface area contributed by atoms with Gasteiger partial charge in [0.15, 0.2) is 0 Å². The second kappa shape index (κ2) is 5.94. The zero-order chi connectivity index (χ0) is 11.2. The fourth-order valence-electron chi connectivity index (χ4n) is 2.61. The first-order valence-corrected chi connectivity index (χ1v) is 6.67. The Bertz CT molecular complexity index is 288. The van der Waals surface area contributed by atoms with Crippen LogP contribution in [0.15, 0.2) is 0 Å². The van der Waals surface area contributed by atoms with E-state index < -0.39 is 0 Å². The highest BCUT2D eigenvalue weighted by Crippen LogP contribution is 2.24. The second-order valence-corrected chi connectivity index (χ2v) is 4.98. The molecule has 0 N–H and O–H groups in total. The van der Waals surface area contributed by atoms with Crippen molar-refractivity contribution in [3.63, 3.8) is 0 Å². The fourth-order valence-corrected chi connectivity index (χ4v) is 2.61. The van der Waals surface area contributed by atoms with Gasteiger partial charge < -0.3 is 4.90 Å². The fraction of sp³-hybridized carbons (Fsp3) is 0.786. The molecule has 2 heteroatoms. The molecule has 0 aromatic carbocycles. The molecule has 0 radical (unpaired) electrons. The molecule has 1 saturated carbocycles. The van der Waals surface area contributed by atoms with Crippen LogP contribution in [-0.4, -0.2) is 23.8 Å². The van der Waals surface area contributed by atoms with Gasteiger partial charge in [0.25, 0.3) is 0 Å². The predicted molar refractivity (Wildman–Crippen MR) is 64.8 cm³/mol. The molecule has 88 valence electrons. The van der Waals surface area contributed by atoms with Crippen LogP contribution in [0.25, 0.3) is 0 Å². The largest absolute Gasteiger partial charge is 0.332 e. The molecule has 2 aliphatic rings. The molecule has 16 heavy (non-hydrogen) atoms. The standard InChI is InChI=1S/C14H21NO/c16-14(13-7-3-1-4-8-13)9-12-15-10-5-2-6-11-15/h13H,1-8,10-11H2. The normalized spacial score (nSPS) is 22.4. The summed E-state index contributed by atoms with van der Waals surface area (Å²) in [6.07, 6.45) is 9.61. The molecule has 0 bridgehead atoms. The minimum Gasteiger partial charge on any atom is -0.332 e. The summed E-state index contributed by atoms with van der Waals surface area (Å²) in [4.78, 5) is 14.0. The molecule has 1 aliphatic carbocycles. The molecular formula is C14H21NO. The number of rotatable bonds is 1. The van der Waals surface area contributed by atoms with Crippen molar-refractivity contribution < 1.29 is 4.79 Å². The minimum absolute atomic E-state index is 0.185. The van der Waals surface area contributed by atoms with Gasteiger partial charge in [0, 0.05) is 25.1 Å². The average molecular weight is 219 g/mol. The number of carbonyl (C=O) groups is 1. The highest BCUT2D eigenvalue weighted by atomic mass is 16.1. The van der Waals surface area contributed by atoms with Gasteiger partial charge in [0.2, 0.25) is 5.78 Å². The smallest absolute Gasteiger partial charge is 0.210 e. The number of hydrogen-bond donors (Lipinski definition) is 0. The molecular weight excluding hydrogens is 198 g/mol. The zero-order valence-electron chi connectivity index (χ0n) is 10.0. The summed E-state index contributed by atoms with van der Waals surface area (Å²) in [6.45, 7) is 2.09. The number of hydrogen-bond acceptors (Lipinski definition) is 2. The molecule has 2 nitrogen and oxygen atoms in total. The van der Waals surface area contributed by atoms with Crippen LogP contribution in [0.3, 0.4) is 0 Å². The van der Waals surface area contributed by atoms with Gasteiger partial charge in [-0.15, -0.1) is 0 Å². The topological polar surface area (TPSA) is 20.3 Å². The van der Waals surface area contributed by atoms with E-state index in [4.69, 9.17) is 0 Å². The molecule has 0 unspecified atom stereocenters. The van der Waals surface area contributed by atoms with Gasteiger partial charge in [-0.2, -0.15) is 0 Å². The van der Waals surface area contributed by atoms with Gasteiger partial charge in [0.1, 0.15) is 0 Å². The van der Waals surface area contributed by atoms with Crippen LogP contribution < -0.4 is 0 Å². The molecule has 1 saturated heterocycles. The summed E-state index contributed by atoms with van der Waals surface area (Å²) in [5.41, 5.74) is 0. The van der Waals surface area contributed by atoms with Gasteiger partial charge in [-0.25, -0.2) is 0 Å². The summed E-state index contributed by atoms with van der Waals surface area (Å²) in [5, 5.41) is 0. The van der Waals surface area contributed by atoms with Crippen LogP contribution in [0.1, 0.15) is 51.4 Å². The number of piperidine rings is 1. The Hall–Kier alpha value is -0.970. The quantitative estimate of drug-likeness (QED) is 0.632. The third-order valence-corrected chi connectivity index (χ3v) is 3.67. The average Bonchev–Trinajstić information content (AvgIpc) is 2.38. The number of nitrogens with zero attached hydrogens (tertiary/aromatic N) is 1. The van der Waals surface area contributed by atoms with E-state index in [1.807, 2.05) is 0 Å². The van der Waals surface area contributed by atoms with Crippen LogP contribution in [0.2, 0.25) is 0 Å². The minimum atomic E-state index is 0.185. The van der Waals surface area contributed by atoms with Gasteiger partial charge in [-0.3, -0.25) is 4.79 Å². The van der Waals surface area contributed by atoms with Crippen molar-refractivity contribution in [2.45, 2.75) is 51.4 Å². The van der Waals surface area contributed by atoms with Crippen molar-refractivity contribution in [1.29, 1.82) is 0 Å². The lowest BCUT2D eigenvalue weighted by atomic mass is 9.86. The molecule has 0 aromatic heterocycles. The van der Waals surface area contributed by atoms with Gasteiger partial charge in [-0.05, 0) is 38.0 Å². The number of carbonyl (C=O) groups excluding carboxylic acids is 1. The number of Topliss-reactive ketones (excluding diaryl/α,β-unsaturated/α-hetero) is 1. The van der Waals surface area contributed by atoms with E-state index in [0.29, 0.717) is 0 Å². The Morgan fingerprint density at radius 2 is 1.56 bits per heavy atom. The summed E-state index contributed by atoms with van der Waals surface area (Å²) < 4.78 is 0. The van der Waals surface area contributed by atoms with E-state index >= 15 is 0 Å². The van der Waals surface area contributed by atoms with Crippen molar-refractivity contribution in [3.8, 4) is 12.0 Å². The molecule has 0 atom stereocenters. The highest BCUT2D eigenvalue weighted by Gasteiger charge is 2.19. The first kappa shape index (κ1) is 11.5. The molecule has 2 fully saturated rings. The Morgan fingerprint density at radius 3 is 2.25 bits per heavy atom. The van der Waals surface area contributed by atoms with Crippen molar-refractivity contribution in [2.24, 2.45) is 5.92 Å². The molecule has 2 rings (SSSR count). The Balaban J connectivity index is 1.82. The van der Waals surface area contributed by atoms with Crippen LogP contribution in [0, 0.1) is 17.9 Å². The monoisotopic (exact) mass is 219 g/mol. The third kappa shape index (κ3) is 3.27. The van der Waals surface area contributed by atoms with Crippen LogP contribution in [-0.2, 0) is 4.79 Å². The van der Waals surface area contributed by atoms with E-state index in [1.54, 1.807) is 0 Å². The summed E-state index contributed by atoms with van der Waals surface area (Å²) in [6, 6.07) is 3.05. The Kier molecular flexibility index (Phi) is 4.27. The predicted octanol–water partition coefficient (Wildman–Crippen LogP) is 2.58. The number of likely N-dealkylation sites (tertiary alicyclic amines) is 1. The molecule has 1 heterocycles. The Labute approximate surface area is 98.4 Å². The lowest BCUT2D eigenvalue weighted by Crippen LogP contribution is -2.25. The second-order valence-electron chi connectivity index (χ2n) is 4.98. The van der Waals surface area contributed by atoms with Crippen molar-refractivity contribution in [2.75, 3.05) is 13.1 Å². The molecule has 0 amide bonds. The van der Waals surface area contributed by atoms with Crippen LogP contribution >= 0.6 is 0 Å². The summed E-state index contributed by atoms with van der Waals surface area (Å²) >= 11 is 0.